The van der Waals surface area contributed by atoms with E-state index in [2.05, 4.69) is 121 Å². The fraction of sp³-hybridized carbons (Fsp3) is 0.0270. The van der Waals surface area contributed by atoms with Crippen molar-refractivity contribution in [3.05, 3.63) is 186 Å². The summed E-state index contributed by atoms with van der Waals surface area (Å²) < 4.78 is 0. The molecule has 0 heterocycles. The van der Waals surface area contributed by atoms with Crippen LogP contribution in [0.1, 0.15) is 11.1 Å². The van der Waals surface area contributed by atoms with Crippen LogP contribution >= 0.6 is 18.9 Å². The first-order valence-corrected chi connectivity index (χ1v) is 15.5. The molecule has 0 saturated heterocycles. The molecule has 0 fully saturated rings. The molecule has 0 aliphatic rings. The largest absolute Gasteiger partial charge is 0.872 e. The van der Waals surface area contributed by atoms with Gasteiger partial charge in [-0.3, -0.25) is 0 Å². The summed E-state index contributed by atoms with van der Waals surface area (Å²) in [6.07, 6.45) is 0.639. The van der Waals surface area contributed by atoms with Crippen LogP contribution in [0.4, 0.5) is 0 Å². The van der Waals surface area contributed by atoms with E-state index in [-0.39, 0.29) is 5.75 Å². The van der Waals surface area contributed by atoms with E-state index in [1.165, 1.54) is 27.3 Å². The van der Waals surface area contributed by atoms with Gasteiger partial charge in [0.05, 0.1) is 0 Å². The number of hydrogen-bond acceptors (Lipinski definition) is 1. The third-order valence-corrected chi connectivity index (χ3v) is 11.4. The summed E-state index contributed by atoms with van der Waals surface area (Å²) >= 11 is 5.84. The van der Waals surface area contributed by atoms with Gasteiger partial charge in [-0.2, -0.15) is 0 Å². The van der Waals surface area contributed by atoms with Gasteiger partial charge < -0.3 is 5.11 Å². The normalized spacial score (nSPS) is 10.8. The maximum absolute atomic E-state index is 11.5. The Bertz CT molecular complexity index is 1440. The molecule has 0 aliphatic heterocycles. The molecule has 0 aromatic heterocycles. The minimum absolute atomic E-state index is 0.0447. The molecule has 196 valence electrons. The lowest BCUT2D eigenvalue weighted by Crippen LogP contribution is -2.38. The van der Waals surface area contributed by atoms with E-state index >= 15 is 0 Å². The van der Waals surface area contributed by atoms with Gasteiger partial charge >= 0.3 is 0 Å². The highest BCUT2D eigenvalue weighted by molar-refractivity contribution is 8.01. The molecular weight excluding hydrogens is 527 g/mol. The molecule has 0 radical (unpaired) electrons. The minimum Gasteiger partial charge on any atom is -0.872 e. The summed E-state index contributed by atoms with van der Waals surface area (Å²) in [6, 6.07) is 58.6. The summed E-state index contributed by atoms with van der Waals surface area (Å²) in [5.74, 6) is 0.0447. The van der Waals surface area contributed by atoms with Crippen LogP contribution in [0.3, 0.4) is 0 Å². The van der Waals surface area contributed by atoms with Gasteiger partial charge in [0.1, 0.15) is 28.5 Å². The molecule has 0 saturated carbocycles. The third kappa shape index (κ3) is 6.18. The highest BCUT2D eigenvalue weighted by Crippen LogP contribution is 2.53. The molecule has 0 bridgehead atoms. The molecule has 0 amide bonds. The number of hydrogen-bond donors (Lipinski definition) is 0. The molecule has 6 aromatic carbocycles. The van der Waals surface area contributed by atoms with E-state index in [0.29, 0.717) is 11.4 Å². The van der Waals surface area contributed by atoms with Crippen LogP contribution in [0.15, 0.2) is 170 Å². The van der Waals surface area contributed by atoms with E-state index in [4.69, 9.17) is 11.6 Å². The first-order chi connectivity index (χ1) is 19.7. The molecule has 0 atom stereocenters. The van der Waals surface area contributed by atoms with Crippen LogP contribution in [0.5, 0.6) is 5.75 Å². The van der Waals surface area contributed by atoms with Crippen LogP contribution in [-0.4, -0.2) is 0 Å². The highest BCUT2D eigenvalue weighted by Gasteiger charge is 2.47. The molecule has 0 unspecified atom stereocenters. The van der Waals surface area contributed by atoms with Crippen molar-refractivity contribution in [2.75, 3.05) is 0 Å². The number of rotatable bonds is 6. The Kier molecular flexibility index (Phi) is 9.09. The second-order valence-electron chi connectivity index (χ2n) is 9.43. The maximum Gasteiger partial charge on any atom is 0.144 e. The first kappa shape index (κ1) is 27.4. The Labute approximate surface area is 242 Å². The molecule has 6 aromatic rings. The molecule has 6 rings (SSSR count). The summed E-state index contributed by atoms with van der Waals surface area (Å²) in [5.41, 5.74) is 1.87. The zero-order chi connectivity index (χ0) is 27.6. The Balaban J connectivity index is 0.000000184. The van der Waals surface area contributed by atoms with Crippen LogP contribution in [0, 0.1) is 0 Å². The van der Waals surface area contributed by atoms with Crippen LogP contribution in [-0.2, 0) is 6.42 Å². The van der Waals surface area contributed by atoms with Gasteiger partial charge in [0.2, 0.25) is 0 Å². The highest BCUT2D eigenvalue weighted by atomic mass is 35.5. The number of halogens is 1. The second kappa shape index (κ2) is 13.3. The van der Waals surface area contributed by atoms with E-state index in [1.807, 2.05) is 30.3 Å². The SMILES string of the molecule is [O-]c1ccc(Cl)cc1Cc1ccccc1.c1ccc([P+](c2ccccc2)(c2ccccc2)c2ccccc2)cc1. The Morgan fingerprint density at radius 2 is 0.800 bits per heavy atom. The van der Waals surface area contributed by atoms with Crippen molar-refractivity contribution in [2.24, 2.45) is 0 Å². The zero-order valence-electron chi connectivity index (χ0n) is 22.1. The fourth-order valence-electron chi connectivity index (χ4n) is 5.00. The van der Waals surface area contributed by atoms with Crippen molar-refractivity contribution in [1.29, 1.82) is 0 Å². The predicted octanol–water partition coefficient (Wildman–Crippen LogP) is 7.31. The lowest BCUT2D eigenvalue weighted by atomic mass is 10.0. The van der Waals surface area contributed by atoms with E-state index in [1.54, 1.807) is 12.1 Å². The molecular formula is C37H30ClOP. The molecule has 0 N–H and O–H groups in total. The number of benzene rings is 6. The van der Waals surface area contributed by atoms with Gasteiger partial charge in [-0.05, 0) is 72.6 Å². The molecule has 0 aliphatic carbocycles. The van der Waals surface area contributed by atoms with Crippen molar-refractivity contribution in [1.82, 2.24) is 0 Å². The van der Waals surface area contributed by atoms with Crippen LogP contribution < -0.4 is 26.3 Å². The molecule has 40 heavy (non-hydrogen) atoms. The lowest BCUT2D eigenvalue weighted by Gasteiger charge is -2.27. The van der Waals surface area contributed by atoms with Crippen molar-refractivity contribution in [3.8, 4) is 5.75 Å². The second-order valence-corrected chi connectivity index (χ2v) is 13.3. The van der Waals surface area contributed by atoms with Crippen molar-refractivity contribution < 1.29 is 5.11 Å². The van der Waals surface area contributed by atoms with Crippen LogP contribution in [0.25, 0.3) is 0 Å². The van der Waals surface area contributed by atoms with Crippen molar-refractivity contribution in [2.45, 2.75) is 6.42 Å². The smallest absolute Gasteiger partial charge is 0.144 e. The molecule has 0 spiro atoms. The van der Waals surface area contributed by atoms with Crippen molar-refractivity contribution >= 4 is 40.1 Å². The van der Waals surface area contributed by atoms with Gasteiger partial charge in [-0.1, -0.05) is 126 Å². The van der Waals surface area contributed by atoms with E-state index in [0.717, 1.165) is 11.1 Å². The van der Waals surface area contributed by atoms with Crippen LogP contribution in [0.2, 0.25) is 5.02 Å². The van der Waals surface area contributed by atoms with Gasteiger partial charge in [-0.25, -0.2) is 0 Å². The third-order valence-electron chi connectivity index (χ3n) is 6.83. The maximum atomic E-state index is 11.5. The average molecular weight is 557 g/mol. The quantitative estimate of drug-likeness (QED) is 0.197. The Morgan fingerprint density at radius 3 is 1.18 bits per heavy atom. The minimum atomic E-state index is -1.91. The summed E-state index contributed by atoms with van der Waals surface area (Å²) in [4.78, 5) is 0. The standard InChI is InChI=1S/C24H20P.C13H11ClO/c1-5-13-21(14-6-1)25(22-15-7-2-8-16-22,23-17-9-3-10-18-23)24-19-11-4-12-20-24;14-12-6-7-13(15)11(9-12)8-10-4-2-1-3-5-10/h1-20H;1-7,9,15H,8H2/q+1;/p-1. The van der Waals surface area contributed by atoms with E-state index < -0.39 is 7.26 Å². The van der Waals surface area contributed by atoms with Gasteiger partial charge in [0.15, 0.2) is 0 Å². The van der Waals surface area contributed by atoms with Crippen molar-refractivity contribution in [3.63, 3.8) is 0 Å². The monoisotopic (exact) mass is 556 g/mol. The van der Waals surface area contributed by atoms with Gasteiger partial charge in [-0.15, -0.1) is 5.75 Å². The predicted molar refractivity (Wildman–Crippen MR) is 171 cm³/mol. The van der Waals surface area contributed by atoms with E-state index in [9.17, 15) is 5.11 Å². The van der Waals surface area contributed by atoms with Gasteiger partial charge in [0, 0.05) is 5.02 Å². The lowest BCUT2D eigenvalue weighted by molar-refractivity contribution is -0.269. The average Bonchev–Trinajstić information content (AvgIpc) is 3.02. The summed E-state index contributed by atoms with van der Waals surface area (Å²) in [6.45, 7) is 0. The fourth-order valence-corrected chi connectivity index (χ4v) is 9.46. The van der Waals surface area contributed by atoms with Gasteiger partial charge in [0.25, 0.3) is 0 Å². The summed E-state index contributed by atoms with van der Waals surface area (Å²) in [7, 11) is -1.91. The first-order valence-electron chi connectivity index (χ1n) is 13.3. The summed E-state index contributed by atoms with van der Waals surface area (Å²) in [5, 5.41) is 17.7. The molecule has 1 nitrogen and oxygen atoms in total. The Hall–Kier alpha value is -4.16. The topological polar surface area (TPSA) is 23.1 Å². The zero-order valence-corrected chi connectivity index (χ0v) is 23.8. The Morgan fingerprint density at radius 1 is 0.450 bits per heavy atom. The molecule has 3 heteroatoms.